The van der Waals surface area contributed by atoms with Crippen molar-refractivity contribution < 1.29 is 39.5 Å². The number of nitrogens with one attached hydrogen (secondary N) is 2. The first-order chi connectivity index (χ1) is 26.8. The zero-order valence-electron chi connectivity index (χ0n) is 35.3. The Kier molecular flexibility index (Phi) is 33.0. The molecule has 11 heteroatoms. The highest BCUT2D eigenvalue weighted by molar-refractivity contribution is 5.79. The van der Waals surface area contributed by atoms with E-state index in [9.17, 15) is 29.7 Å². The highest BCUT2D eigenvalue weighted by atomic mass is 16.5. The smallest absolute Gasteiger partial charge is 0.303 e. The van der Waals surface area contributed by atoms with E-state index in [2.05, 4.69) is 24.5 Å². The van der Waals surface area contributed by atoms with Gasteiger partial charge in [-0.05, 0) is 32.2 Å². The van der Waals surface area contributed by atoms with Crippen LogP contribution in [-0.2, 0) is 19.1 Å². The van der Waals surface area contributed by atoms with Gasteiger partial charge in [0.2, 0.25) is 11.8 Å². The number of amides is 2. The lowest BCUT2D eigenvalue weighted by molar-refractivity contribution is -0.231. The summed E-state index contributed by atoms with van der Waals surface area (Å²) in [5, 5.41) is 46.7. The number of carboxylic acids is 1. The number of carbonyl (C=O) groups is 3. The minimum absolute atomic E-state index is 0.0418. The molecule has 0 aromatic carbocycles. The fraction of sp³-hybridized carbons (Fsp3) is 0.932. The first-order valence-corrected chi connectivity index (χ1v) is 22.9. The Morgan fingerprint density at radius 2 is 1.02 bits per heavy atom. The quantitative estimate of drug-likeness (QED) is 0.0339. The Morgan fingerprint density at radius 1 is 0.582 bits per heavy atom. The standard InChI is InChI=1S/C44H85N3O8/c1-3-5-7-9-11-13-14-15-16-17-18-19-21-23-25-30-34-47(39(50)31-27-24-22-20-12-10-8-6-4-2)44-41(43(54)42(53)37(36-48)55-44)46-38(49)35-45-33-29-26-28-32-40(51)52/h37,41-45,48,53-54H,3-36H2,1-2H3,(H,46,49)(H,51,52)/t37-,41+,42-,43-,44-/m1/s1. The first-order valence-electron chi connectivity index (χ1n) is 22.9. The molecule has 0 aliphatic carbocycles. The van der Waals surface area contributed by atoms with E-state index < -0.39 is 49.1 Å². The zero-order chi connectivity index (χ0) is 40.4. The summed E-state index contributed by atoms with van der Waals surface area (Å²) in [6, 6.07) is -1.07. The average molecular weight is 784 g/mol. The lowest BCUT2D eigenvalue weighted by Crippen LogP contribution is -2.69. The number of unbranched alkanes of at least 4 members (excludes halogenated alkanes) is 25. The van der Waals surface area contributed by atoms with Crippen molar-refractivity contribution in [1.82, 2.24) is 15.5 Å². The van der Waals surface area contributed by atoms with Crippen LogP contribution in [0.3, 0.4) is 0 Å². The Hall–Kier alpha value is -1.79. The second-order valence-corrected chi connectivity index (χ2v) is 16.2. The van der Waals surface area contributed by atoms with Crippen LogP contribution in [0, 0.1) is 0 Å². The number of aliphatic hydroxyl groups is 3. The largest absolute Gasteiger partial charge is 0.481 e. The third-order valence-corrected chi connectivity index (χ3v) is 11.1. The third-order valence-electron chi connectivity index (χ3n) is 11.1. The molecule has 0 saturated carbocycles. The van der Waals surface area contributed by atoms with E-state index in [1.54, 1.807) is 4.90 Å². The molecule has 55 heavy (non-hydrogen) atoms. The molecule has 2 amide bonds. The van der Waals surface area contributed by atoms with Crippen molar-refractivity contribution in [3.8, 4) is 0 Å². The molecular weight excluding hydrogens is 698 g/mol. The van der Waals surface area contributed by atoms with Crippen LogP contribution >= 0.6 is 0 Å². The number of rotatable bonds is 38. The van der Waals surface area contributed by atoms with Gasteiger partial charge in [-0.25, -0.2) is 0 Å². The van der Waals surface area contributed by atoms with Gasteiger partial charge >= 0.3 is 5.97 Å². The van der Waals surface area contributed by atoms with Crippen molar-refractivity contribution in [3.05, 3.63) is 0 Å². The van der Waals surface area contributed by atoms with Crippen molar-refractivity contribution >= 4 is 17.8 Å². The normalized spacial score (nSPS) is 19.8. The van der Waals surface area contributed by atoms with Gasteiger partial charge in [0.25, 0.3) is 0 Å². The van der Waals surface area contributed by atoms with Crippen LogP contribution in [0.4, 0.5) is 0 Å². The number of aliphatic carboxylic acids is 1. The van der Waals surface area contributed by atoms with E-state index in [0.29, 0.717) is 25.9 Å². The second-order valence-electron chi connectivity index (χ2n) is 16.2. The van der Waals surface area contributed by atoms with E-state index in [-0.39, 0.29) is 18.9 Å². The highest BCUT2D eigenvalue weighted by Crippen LogP contribution is 2.26. The predicted molar refractivity (Wildman–Crippen MR) is 222 cm³/mol. The first kappa shape index (κ1) is 51.2. The molecule has 5 atom stereocenters. The topological polar surface area (TPSA) is 169 Å². The molecule has 1 fully saturated rings. The van der Waals surface area contributed by atoms with Gasteiger partial charge in [0, 0.05) is 19.4 Å². The van der Waals surface area contributed by atoms with Gasteiger partial charge in [0.15, 0.2) is 6.23 Å². The van der Waals surface area contributed by atoms with Crippen LogP contribution in [0.5, 0.6) is 0 Å². The van der Waals surface area contributed by atoms with Crippen LogP contribution in [0.25, 0.3) is 0 Å². The maximum Gasteiger partial charge on any atom is 0.303 e. The molecule has 1 heterocycles. The van der Waals surface area contributed by atoms with Gasteiger partial charge in [-0.15, -0.1) is 0 Å². The van der Waals surface area contributed by atoms with Gasteiger partial charge in [0.1, 0.15) is 24.4 Å². The minimum Gasteiger partial charge on any atom is -0.481 e. The van der Waals surface area contributed by atoms with E-state index in [4.69, 9.17) is 9.84 Å². The van der Waals surface area contributed by atoms with Gasteiger partial charge < -0.3 is 40.7 Å². The third kappa shape index (κ3) is 26.0. The lowest BCUT2D eigenvalue weighted by atomic mass is 9.94. The van der Waals surface area contributed by atoms with Gasteiger partial charge in [0.05, 0.1) is 13.2 Å². The maximum atomic E-state index is 13.9. The monoisotopic (exact) mass is 784 g/mol. The zero-order valence-corrected chi connectivity index (χ0v) is 35.3. The molecule has 0 radical (unpaired) electrons. The molecule has 11 nitrogen and oxygen atoms in total. The predicted octanol–water partition coefficient (Wildman–Crippen LogP) is 8.16. The summed E-state index contributed by atoms with van der Waals surface area (Å²) in [5.74, 6) is -1.34. The number of carbonyl (C=O) groups excluding carboxylic acids is 2. The fourth-order valence-corrected chi connectivity index (χ4v) is 7.62. The Balaban J connectivity index is 2.70. The van der Waals surface area contributed by atoms with Crippen LogP contribution in [0.15, 0.2) is 0 Å². The van der Waals surface area contributed by atoms with Crippen LogP contribution in [0.2, 0.25) is 0 Å². The van der Waals surface area contributed by atoms with E-state index >= 15 is 0 Å². The molecule has 0 aromatic rings. The van der Waals surface area contributed by atoms with Crippen LogP contribution in [0.1, 0.15) is 206 Å². The van der Waals surface area contributed by atoms with Crippen molar-refractivity contribution in [3.63, 3.8) is 0 Å². The van der Waals surface area contributed by atoms with Crippen molar-refractivity contribution in [1.29, 1.82) is 0 Å². The van der Waals surface area contributed by atoms with Crippen molar-refractivity contribution in [2.45, 2.75) is 237 Å². The van der Waals surface area contributed by atoms with E-state index in [0.717, 1.165) is 57.8 Å². The summed E-state index contributed by atoms with van der Waals surface area (Å²) in [4.78, 5) is 39.3. The summed E-state index contributed by atoms with van der Waals surface area (Å²) in [6.45, 7) is 4.84. The summed E-state index contributed by atoms with van der Waals surface area (Å²) in [6.07, 6.45) is 27.7. The molecule has 1 aliphatic rings. The minimum atomic E-state index is -1.44. The average Bonchev–Trinajstić information content (AvgIpc) is 3.17. The molecule has 1 rings (SSSR count). The molecule has 324 valence electrons. The van der Waals surface area contributed by atoms with Crippen LogP contribution < -0.4 is 10.6 Å². The summed E-state index contributed by atoms with van der Waals surface area (Å²) in [7, 11) is 0. The van der Waals surface area contributed by atoms with E-state index in [1.807, 2.05) is 0 Å². The number of hydrogen-bond acceptors (Lipinski definition) is 8. The molecule has 0 aromatic heterocycles. The fourth-order valence-electron chi connectivity index (χ4n) is 7.62. The SMILES string of the molecule is CCCCCCCCCCCCCCCCCCN(C(=O)CCCCCCCCCCC)[C@@H]1O[C@H](CO)[C@@H](O)[C@H](O)[C@@H]1NC(=O)CNCCCCCC(=O)O. The molecule has 0 bridgehead atoms. The summed E-state index contributed by atoms with van der Waals surface area (Å²) in [5.41, 5.74) is 0. The molecule has 0 spiro atoms. The summed E-state index contributed by atoms with van der Waals surface area (Å²) >= 11 is 0. The number of aliphatic hydroxyl groups excluding tert-OH is 3. The van der Waals surface area contributed by atoms with Gasteiger partial charge in [-0.3, -0.25) is 14.4 Å². The van der Waals surface area contributed by atoms with Crippen molar-refractivity contribution in [2.75, 3.05) is 26.2 Å². The Bertz CT molecular complexity index is 941. The second kappa shape index (κ2) is 35.4. The number of hydrogen-bond donors (Lipinski definition) is 6. The number of ether oxygens (including phenoxy) is 1. The lowest BCUT2D eigenvalue weighted by Gasteiger charge is -2.47. The molecule has 1 aliphatic heterocycles. The molecule has 1 saturated heterocycles. The number of carboxylic acid groups (broad SMARTS) is 1. The Labute approximate surface area is 335 Å². The van der Waals surface area contributed by atoms with Crippen molar-refractivity contribution in [2.24, 2.45) is 0 Å². The molecular formula is C44H85N3O8. The van der Waals surface area contributed by atoms with Gasteiger partial charge in [-0.1, -0.05) is 168 Å². The summed E-state index contributed by atoms with van der Waals surface area (Å²) < 4.78 is 6.14. The molecule has 0 unspecified atom stereocenters. The van der Waals surface area contributed by atoms with E-state index in [1.165, 1.54) is 116 Å². The van der Waals surface area contributed by atoms with Crippen LogP contribution in [-0.4, -0.2) is 99.9 Å². The van der Waals surface area contributed by atoms with Gasteiger partial charge in [-0.2, -0.15) is 0 Å². The number of nitrogens with zero attached hydrogens (tertiary/aromatic N) is 1. The maximum absolute atomic E-state index is 13.9. The highest BCUT2D eigenvalue weighted by Gasteiger charge is 2.48. The molecule has 6 N–H and O–H groups in total. The Morgan fingerprint density at radius 3 is 1.49 bits per heavy atom.